The molecule has 0 atom stereocenters. The Morgan fingerprint density at radius 2 is 1.76 bits per heavy atom. The highest BCUT2D eigenvalue weighted by molar-refractivity contribution is 5.95. The normalized spacial score (nSPS) is 10.9. The number of hydrogen-bond acceptors (Lipinski definition) is 4. The lowest BCUT2D eigenvalue weighted by atomic mass is 10.0. The minimum absolute atomic E-state index is 0.00611. The molecule has 84 valence electrons. The second-order valence-electron chi connectivity index (χ2n) is 3.59. The van der Waals surface area contributed by atoms with Gasteiger partial charge in [0, 0.05) is 10.9 Å². The van der Waals surface area contributed by atoms with Crippen LogP contribution in [0.4, 0.5) is 10.4 Å². The summed E-state index contributed by atoms with van der Waals surface area (Å²) in [4.78, 5) is 0. The van der Waals surface area contributed by atoms with E-state index in [-0.39, 0.29) is 11.8 Å². The van der Waals surface area contributed by atoms with Crippen molar-refractivity contribution in [1.29, 1.82) is 0 Å². The van der Waals surface area contributed by atoms with Gasteiger partial charge in [-0.3, -0.25) is 0 Å². The first-order valence-electron chi connectivity index (χ1n) is 5.02. The van der Waals surface area contributed by atoms with Crippen LogP contribution in [0.2, 0.25) is 0 Å². The molecule has 0 aliphatic rings. The standard InChI is InChI=1S/C12H8FN3O/c13-10-6-5-9(11-15-16-12(14)17-11)7-3-1-2-4-8(7)10/h1-6H,(H2,14,16). The summed E-state index contributed by atoms with van der Waals surface area (Å²) in [5.74, 6) is 0.00976. The molecule has 0 unspecified atom stereocenters. The number of nitrogen functional groups attached to an aromatic ring is 1. The smallest absolute Gasteiger partial charge is 0.313 e. The third-order valence-electron chi connectivity index (χ3n) is 2.54. The lowest BCUT2D eigenvalue weighted by Crippen LogP contribution is -1.85. The van der Waals surface area contributed by atoms with Gasteiger partial charge in [0.1, 0.15) is 5.82 Å². The maximum Gasteiger partial charge on any atom is 0.313 e. The van der Waals surface area contributed by atoms with Gasteiger partial charge in [-0.1, -0.05) is 29.4 Å². The average Bonchev–Trinajstić information content (AvgIpc) is 2.77. The lowest BCUT2D eigenvalue weighted by molar-refractivity contribution is 0.590. The molecule has 0 amide bonds. The SMILES string of the molecule is Nc1nnc(-c2ccc(F)c3ccccc23)o1. The molecule has 17 heavy (non-hydrogen) atoms. The van der Waals surface area contributed by atoms with E-state index in [1.807, 2.05) is 6.07 Å². The molecule has 0 fully saturated rings. The maximum atomic E-state index is 13.6. The van der Waals surface area contributed by atoms with Crippen molar-refractivity contribution in [2.24, 2.45) is 0 Å². The molecule has 2 aromatic carbocycles. The highest BCUT2D eigenvalue weighted by Gasteiger charge is 2.12. The first kappa shape index (κ1) is 9.77. The Balaban J connectivity index is 2.34. The van der Waals surface area contributed by atoms with Crippen LogP contribution in [0.25, 0.3) is 22.2 Å². The molecule has 4 nitrogen and oxygen atoms in total. The van der Waals surface area contributed by atoms with Crippen LogP contribution in [-0.4, -0.2) is 10.2 Å². The molecular weight excluding hydrogens is 221 g/mol. The summed E-state index contributed by atoms with van der Waals surface area (Å²) in [6, 6.07) is 10.1. The highest BCUT2D eigenvalue weighted by Crippen LogP contribution is 2.29. The van der Waals surface area contributed by atoms with Crippen LogP contribution in [-0.2, 0) is 0 Å². The summed E-state index contributed by atoms with van der Waals surface area (Å²) in [5, 5.41) is 8.63. The molecule has 5 heteroatoms. The van der Waals surface area contributed by atoms with Crippen molar-refractivity contribution < 1.29 is 8.81 Å². The Bertz CT molecular complexity index is 693. The predicted octanol–water partition coefficient (Wildman–Crippen LogP) is 2.61. The second-order valence-corrected chi connectivity index (χ2v) is 3.59. The molecule has 0 bridgehead atoms. The van der Waals surface area contributed by atoms with Crippen LogP contribution in [0, 0.1) is 5.82 Å². The van der Waals surface area contributed by atoms with Gasteiger partial charge in [-0.25, -0.2) is 4.39 Å². The van der Waals surface area contributed by atoms with E-state index in [1.165, 1.54) is 6.07 Å². The van der Waals surface area contributed by atoms with Crippen molar-refractivity contribution >= 4 is 16.8 Å². The summed E-state index contributed by atoms with van der Waals surface area (Å²) in [5.41, 5.74) is 6.05. The van der Waals surface area contributed by atoms with E-state index in [0.29, 0.717) is 16.8 Å². The molecular formula is C12H8FN3O. The lowest BCUT2D eigenvalue weighted by Gasteiger charge is -2.03. The Kier molecular flexibility index (Phi) is 2.04. The Morgan fingerprint density at radius 3 is 2.47 bits per heavy atom. The molecule has 0 radical (unpaired) electrons. The van der Waals surface area contributed by atoms with Crippen LogP contribution in [0.5, 0.6) is 0 Å². The van der Waals surface area contributed by atoms with E-state index in [4.69, 9.17) is 10.2 Å². The number of nitrogens with two attached hydrogens (primary N) is 1. The fourth-order valence-electron chi connectivity index (χ4n) is 1.79. The molecule has 3 aromatic rings. The quantitative estimate of drug-likeness (QED) is 0.696. The van der Waals surface area contributed by atoms with Crippen molar-refractivity contribution in [3.05, 3.63) is 42.2 Å². The minimum Gasteiger partial charge on any atom is -0.404 e. The zero-order valence-corrected chi connectivity index (χ0v) is 8.72. The topological polar surface area (TPSA) is 64.9 Å². The largest absolute Gasteiger partial charge is 0.404 e. The molecule has 0 aliphatic carbocycles. The van der Waals surface area contributed by atoms with Crippen molar-refractivity contribution in [3.8, 4) is 11.5 Å². The van der Waals surface area contributed by atoms with Crippen molar-refractivity contribution in [3.63, 3.8) is 0 Å². The van der Waals surface area contributed by atoms with Gasteiger partial charge in [0.15, 0.2) is 0 Å². The first-order valence-corrected chi connectivity index (χ1v) is 5.02. The van der Waals surface area contributed by atoms with E-state index in [0.717, 1.165) is 5.39 Å². The molecule has 0 spiro atoms. The monoisotopic (exact) mass is 229 g/mol. The van der Waals surface area contributed by atoms with Gasteiger partial charge < -0.3 is 10.2 Å². The van der Waals surface area contributed by atoms with Crippen LogP contribution in [0.15, 0.2) is 40.8 Å². The van der Waals surface area contributed by atoms with Gasteiger partial charge in [-0.15, -0.1) is 5.10 Å². The Hall–Kier alpha value is -2.43. The third-order valence-corrected chi connectivity index (χ3v) is 2.54. The third kappa shape index (κ3) is 1.52. The zero-order chi connectivity index (χ0) is 11.8. The summed E-state index contributed by atoms with van der Waals surface area (Å²) in [7, 11) is 0. The summed E-state index contributed by atoms with van der Waals surface area (Å²) in [6.45, 7) is 0. The van der Waals surface area contributed by atoms with E-state index in [1.54, 1.807) is 24.3 Å². The number of hydrogen-bond donors (Lipinski definition) is 1. The Morgan fingerprint density at radius 1 is 1.00 bits per heavy atom. The molecule has 0 saturated heterocycles. The summed E-state index contributed by atoms with van der Waals surface area (Å²) in [6.07, 6.45) is 0. The number of halogens is 1. The van der Waals surface area contributed by atoms with Crippen LogP contribution in [0.3, 0.4) is 0 Å². The number of nitrogens with zero attached hydrogens (tertiary/aromatic N) is 2. The second kappa shape index (κ2) is 3.55. The highest BCUT2D eigenvalue weighted by atomic mass is 19.1. The van der Waals surface area contributed by atoms with Gasteiger partial charge in [0.05, 0.1) is 0 Å². The Labute approximate surface area is 95.9 Å². The number of aromatic nitrogens is 2. The zero-order valence-electron chi connectivity index (χ0n) is 8.72. The molecule has 2 N–H and O–H groups in total. The van der Waals surface area contributed by atoms with Crippen molar-refractivity contribution in [2.75, 3.05) is 5.73 Å². The minimum atomic E-state index is -0.281. The summed E-state index contributed by atoms with van der Waals surface area (Å²) >= 11 is 0. The van der Waals surface area contributed by atoms with Gasteiger partial charge in [0.2, 0.25) is 5.89 Å². The number of anilines is 1. The number of benzene rings is 2. The van der Waals surface area contributed by atoms with Crippen molar-refractivity contribution in [1.82, 2.24) is 10.2 Å². The fraction of sp³-hybridized carbons (Fsp3) is 0. The van der Waals surface area contributed by atoms with E-state index in [9.17, 15) is 4.39 Å². The molecule has 1 aromatic heterocycles. The first-order chi connectivity index (χ1) is 8.25. The molecule has 0 saturated carbocycles. The number of fused-ring (bicyclic) bond motifs is 1. The van der Waals surface area contributed by atoms with Crippen LogP contribution >= 0.6 is 0 Å². The van der Waals surface area contributed by atoms with E-state index in [2.05, 4.69) is 10.2 Å². The van der Waals surface area contributed by atoms with Gasteiger partial charge in [-0.05, 0) is 17.5 Å². The predicted molar refractivity (Wildman–Crippen MR) is 61.6 cm³/mol. The van der Waals surface area contributed by atoms with Crippen LogP contribution in [0.1, 0.15) is 0 Å². The maximum absolute atomic E-state index is 13.6. The number of rotatable bonds is 1. The molecule has 3 rings (SSSR count). The van der Waals surface area contributed by atoms with E-state index >= 15 is 0 Å². The molecule has 1 heterocycles. The van der Waals surface area contributed by atoms with Gasteiger partial charge in [-0.2, -0.15) is 0 Å². The van der Waals surface area contributed by atoms with Crippen LogP contribution < -0.4 is 5.73 Å². The van der Waals surface area contributed by atoms with Gasteiger partial charge >= 0.3 is 6.01 Å². The van der Waals surface area contributed by atoms with Crippen molar-refractivity contribution in [2.45, 2.75) is 0 Å². The summed E-state index contributed by atoms with van der Waals surface area (Å²) < 4.78 is 18.7. The fourth-order valence-corrected chi connectivity index (χ4v) is 1.79. The molecule has 0 aliphatic heterocycles. The average molecular weight is 229 g/mol. The van der Waals surface area contributed by atoms with E-state index < -0.39 is 0 Å². The van der Waals surface area contributed by atoms with Gasteiger partial charge in [0.25, 0.3) is 0 Å².